The molecule has 1 unspecified atom stereocenters. The van der Waals surface area contributed by atoms with Crippen molar-refractivity contribution in [2.24, 2.45) is 0 Å². The lowest BCUT2D eigenvalue weighted by molar-refractivity contribution is -0.127. The first-order valence-corrected chi connectivity index (χ1v) is 7.40. The van der Waals surface area contributed by atoms with E-state index in [-0.39, 0.29) is 11.6 Å². The van der Waals surface area contributed by atoms with Crippen LogP contribution in [-0.2, 0) is 11.2 Å². The Balaban J connectivity index is 1.79. The lowest BCUT2D eigenvalue weighted by atomic mass is 9.97. The summed E-state index contributed by atoms with van der Waals surface area (Å²) in [6.45, 7) is 1.83. The van der Waals surface area contributed by atoms with Gasteiger partial charge in [0.25, 0.3) is 5.91 Å². The molecule has 1 aromatic carbocycles. The number of amides is 1. The fourth-order valence-electron chi connectivity index (χ4n) is 3.17. The minimum Gasteiger partial charge on any atom is -0.276 e. The molecule has 0 bridgehead atoms. The Kier molecular flexibility index (Phi) is 3.07. The number of halogens is 1. The average Bonchev–Trinajstić information content (AvgIpc) is 2.80. The van der Waals surface area contributed by atoms with Gasteiger partial charge in [-0.05, 0) is 43.5 Å². The summed E-state index contributed by atoms with van der Waals surface area (Å²) in [6.07, 6.45) is 2.62. The van der Waals surface area contributed by atoms with Gasteiger partial charge >= 0.3 is 0 Å². The zero-order valence-corrected chi connectivity index (χ0v) is 12.5. The molecular weight excluding hydrogens is 299 g/mol. The van der Waals surface area contributed by atoms with Crippen molar-refractivity contribution < 1.29 is 14.4 Å². The van der Waals surface area contributed by atoms with Crippen LogP contribution in [-0.4, -0.2) is 27.4 Å². The second-order valence-electron chi connectivity index (χ2n) is 5.72. The second kappa shape index (κ2) is 5.00. The molecule has 4 rings (SSSR count). The maximum absolute atomic E-state index is 14.3. The van der Waals surface area contributed by atoms with Gasteiger partial charge in [-0.15, -0.1) is 0 Å². The molecule has 0 saturated carbocycles. The Morgan fingerprint density at radius 3 is 2.87 bits per heavy atom. The number of fused-ring (bicyclic) bond motifs is 3. The van der Waals surface area contributed by atoms with Crippen LogP contribution in [0.1, 0.15) is 17.7 Å². The summed E-state index contributed by atoms with van der Waals surface area (Å²) in [4.78, 5) is 16.8. The van der Waals surface area contributed by atoms with Gasteiger partial charge < -0.3 is 0 Å². The number of rotatable bonds is 1. The van der Waals surface area contributed by atoms with E-state index in [0.29, 0.717) is 23.8 Å². The highest BCUT2D eigenvalue weighted by Crippen LogP contribution is 2.39. The number of hydrogen-bond donors (Lipinski definition) is 1. The molecule has 2 aliphatic heterocycles. The van der Waals surface area contributed by atoms with Crippen LogP contribution in [0.5, 0.6) is 0 Å². The molecule has 23 heavy (non-hydrogen) atoms. The molecule has 1 aromatic heterocycles. The molecule has 0 aliphatic carbocycles. The van der Waals surface area contributed by atoms with Crippen molar-refractivity contribution in [3.8, 4) is 0 Å². The summed E-state index contributed by atoms with van der Waals surface area (Å²) >= 11 is 0. The minimum absolute atomic E-state index is 0.252. The van der Waals surface area contributed by atoms with Gasteiger partial charge in [0.15, 0.2) is 0 Å². The van der Waals surface area contributed by atoms with Crippen molar-refractivity contribution in [2.45, 2.75) is 25.8 Å². The number of hydrazine groups is 2. The summed E-state index contributed by atoms with van der Waals surface area (Å²) in [6, 6.07) is 7.60. The fraction of sp³-hybridized carbons (Fsp3) is 0.250. The van der Waals surface area contributed by atoms with Crippen molar-refractivity contribution in [1.82, 2.24) is 10.3 Å². The molecule has 1 saturated heterocycles. The highest BCUT2D eigenvalue weighted by molar-refractivity contribution is 6.01. The topological polar surface area (TPSA) is 59.9 Å². The lowest BCUT2D eigenvalue weighted by Crippen LogP contribution is -2.46. The number of pyridine rings is 1. The number of carbonyl (C=O) groups excluding carboxylic acids is 1. The predicted octanol–water partition coefficient (Wildman–Crippen LogP) is 2.22. The summed E-state index contributed by atoms with van der Waals surface area (Å²) in [5, 5.41) is 13.7. The van der Waals surface area contributed by atoms with Crippen LogP contribution in [0.25, 0.3) is 0 Å². The van der Waals surface area contributed by atoms with Gasteiger partial charge in [-0.2, -0.15) is 5.01 Å². The largest absolute Gasteiger partial charge is 0.276 e. The van der Waals surface area contributed by atoms with E-state index >= 15 is 0 Å². The van der Waals surface area contributed by atoms with E-state index in [1.165, 1.54) is 17.3 Å². The third-order valence-electron chi connectivity index (χ3n) is 4.29. The van der Waals surface area contributed by atoms with Gasteiger partial charge in [0.1, 0.15) is 11.9 Å². The molecule has 0 radical (unpaired) electrons. The van der Waals surface area contributed by atoms with Gasteiger partial charge in [0.2, 0.25) is 0 Å². The molecular formula is C16H15FN4O2. The molecule has 6 nitrogen and oxygen atoms in total. The van der Waals surface area contributed by atoms with Crippen molar-refractivity contribution in [1.29, 1.82) is 0 Å². The number of aryl methyl sites for hydroxylation is 2. The zero-order valence-electron chi connectivity index (χ0n) is 12.5. The number of aromatic nitrogens is 1. The molecule has 1 atom stereocenters. The highest BCUT2D eigenvalue weighted by atomic mass is 19.1. The summed E-state index contributed by atoms with van der Waals surface area (Å²) in [5.41, 5.74) is 2.27. The third-order valence-corrected chi connectivity index (χ3v) is 4.29. The van der Waals surface area contributed by atoms with Crippen LogP contribution in [0.2, 0.25) is 0 Å². The van der Waals surface area contributed by atoms with E-state index in [9.17, 15) is 14.4 Å². The molecule has 1 N–H and O–H groups in total. The standard InChI is InChI=1S/C16H15FN4O2/c1-10-5-7-12(9-18-10)19-16(22)14-8-6-11-3-2-4-13(17)15(11)20(14)21(19)23/h2-5,7,9,14,23H,6,8H2,1H3. The van der Waals surface area contributed by atoms with Crippen LogP contribution in [0, 0.1) is 12.7 Å². The first kappa shape index (κ1) is 14.1. The first-order valence-electron chi connectivity index (χ1n) is 7.40. The maximum atomic E-state index is 14.3. The van der Waals surface area contributed by atoms with Gasteiger partial charge in [-0.25, -0.2) is 9.40 Å². The quantitative estimate of drug-likeness (QED) is 0.874. The number of hydrogen-bond acceptors (Lipinski definition) is 5. The predicted molar refractivity (Wildman–Crippen MR) is 81.1 cm³/mol. The number of carbonyl (C=O) groups is 1. The molecule has 7 heteroatoms. The Morgan fingerprint density at radius 2 is 2.13 bits per heavy atom. The van der Waals surface area contributed by atoms with Gasteiger partial charge in [0, 0.05) is 11.0 Å². The monoisotopic (exact) mass is 314 g/mol. The van der Waals surface area contributed by atoms with Crippen LogP contribution in [0.3, 0.4) is 0 Å². The van der Waals surface area contributed by atoms with E-state index in [4.69, 9.17) is 0 Å². The minimum atomic E-state index is -0.620. The number of benzene rings is 1. The van der Waals surface area contributed by atoms with Crippen LogP contribution in [0.4, 0.5) is 15.8 Å². The first-order chi connectivity index (χ1) is 11.1. The summed E-state index contributed by atoms with van der Waals surface area (Å²) < 4.78 is 14.3. The number of nitrogens with zero attached hydrogens (tertiary/aromatic N) is 4. The Labute approximate surface area is 132 Å². The van der Waals surface area contributed by atoms with E-state index < -0.39 is 11.9 Å². The van der Waals surface area contributed by atoms with E-state index in [0.717, 1.165) is 16.3 Å². The number of anilines is 2. The fourth-order valence-corrected chi connectivity index (χ4v) is 3.17. The van der Waals surface area contributed by atoms with Gasteiger partial charge in [-0.1, -0.05) is 12.1 Å². The number of para-hydroxylation sites is 1. The third kappa shape index (κ3) is 2.01. The molecule has 3 heterocycles. The van der Waals surface area contributed by atoms with E-state index in [1.54, 1.807) is 18.2 Å². The summed E-state index contributed by atoms with van der Waals surface area (Å²) in [7, 11) is 0. The smallest absolute Gasteiger partial charge is 0.269 e. The molecule has 0 spiro atoms. The Hall–Kier alpha value is -2.51. The Morgan fingerprint density at radius 1 is 1.30 bits per heavy atom. The van der Waals surface area contributed by atoms with Crippen LogP contribution < -0.4 is 10.0 Å². The van der Waals surface area contributed by atoms with Crippen molar-refractivity contribution in [2.75, 3.05) is 10.0 Å². The van der Waals surface area contributed by atoms with Gasteiger partial charge in [-0.3, -0.25) is 15.0 Å². The molecule has 1 fully saturated rings. The SMILES string of the molecule is Cc1ccc(N2C(=O)C3CCc4cccc(F)c4N3N2O)cn1. The lowest BCUT2D eigenvalue weighted by Gasteiger charge is -2.34. The van der Waals surface area contributed by atoms with Crippen LogP contribution >= 0.6 is 0 Å². The second-order valence-corrected chi connectivity index (χ2v) is 5.72. The molecule has 118 valence electrons. The molecule has 2 aromatic rings. The van der Waals surface area contributed by atoms with E-state index in [1.807, 2.05) is 13.0 Å². The van der Waals surface area contributed by atoms with E-state index in [2.05, 4.69) is 4.98 Å². The zero-order chi connectivity index (χ0) is 16.1. The maximum Gasteiger partial charge on any atom is 0.269 e. The van der Waals surface area contributed by atoms with Gasteiger partial charge in [0.05, 0.1) is 17.6 Å². The van der Waals surface area contributed by atoms with Crippen LogP contribution in [0.15, 0.2) is 36.5 Å². The normalized spacial score (nSPS) is 20.7. The van der Waals surface area contributed by atoms with Crippen molar-refractivity contribution in [3.05, 3.63) is 53.6 Å². The molecule has 2 aliphatic rings. The average molecular weight is 314 g/mol. The van der Waals surface area contributed by atoms with Crippen molar-refractivity contribution in [3.63, 3.8) is 0 Å². The molecule has 1 amide bonds. The highest BCUT2D eigenvalue weighted by Gasteiger charge is 2.49. The Bertz CT molecular complexity index is 780. The van der Waals surface area contributed by atoms with Crippen molar-refractivity contribution >= 4 is 17.3 Å². The summed E-state index contributed by atoms with van der Waals surface area (Å²) in [5.74, 6) is -0.755.